The molecule has 0 aliphatic carbocycles. The molecule has 0 spiro atoms. The second-order valence-electron chi connectivity index (χ2n) is 6.91. The van der Waals surface area contributed by atoms with E-state index in [9.17, 15) is 14.4 Å². The van der Waals surface area contributed by atoms with Crippen LogP contribution in [0.2, 0.25) is 5.02 Å². The van der Waals surface area contributed by atoms with Gasteiger partial charge in [0.15, 0.2) is 6.61 Å². The van der Waals surface area contributed by atoms with Crippen LogP contribution in [0.5, 0.6) is 0 Å². The summed E-state index contributed by atoms with van der Waals surface area (Å²) >= 11 is 6.13. The van der Waals surface area contributed by atoms with E-state index in [2.05, 4.69) is 15.7 Å². The predicted octanol–water partition coefficient (Wildman–Crippen LogP) is 3.71. The third kappa shape index (κ3) is 6.16. The second kappa shape index (κ2) is 9.90. The maximum atomic E-state index is 12.2. The third-order valence-electron chi connectivity index (χ3n) is 4.38. The molecule has 0 radical (unpaired) electrons. The van der Waals surface area contributed by atoms with Crippen molar-refractivity contribution in [3.05, 3.63) is 82.1 Å². The first-order chi connectivity index (χ1) is 14.8. The summed E-state index contributed by atoms with van der Waals surface area (Å²) in [6.07, 6.45) is 2.83. The van der Waals surface area contributed by atoms with E-state index in [1.807, 2.05) is 44.2 Å². The van der Waals surface area contributed by atoms with Crippen LogP contribution in [0.4, 0.5) is 10.5 Å². The van der Waals surface area contributed by atoms with Gasteiger partial charge in [-0.3, -0.25) is 14.8 Å². The van der Waals surface area contributed by atoms with Gasteiger partial charge in [-0.1, -0.05) is 47.5 Å². The Kier molecular flexibility index (Phi) is 7.04. The van der Waals surface area contributed by atoms with Crippen molar-refractivity contribution < 1.29 is 19.1 Å². The van der Waals surface area contributed by atoms with E-state index in [1.54, 1.807) is 12.1 Å². The van der Waals surface area contributed by atoms with Gasteiger partial charge in [-0.05, 0) is 37.1 Å². The van der Waals surface area contributed by atoms with Gasteiger partial charge in [0, 0.05) is 16.9 Å². The molecule has 3 rings (SSSR count). The van der Waals surface area contributed by atoms with Gasteiger partial charge in [0.25, 0.3) is 5.91 Å². The lowest BCUT2D eigenvalue weighted by molar-refractivity contribution is -0.123. The first kappa shape index (κ1) is 22.0. The molecule has 0 aliphatic rings. The van der Waals surface area contributed by atoms with E-state index in [0.717, 1.165) is 16.7 Å². The molecule has 0 unspecified atom stereocenters. The number of nitrogens with zero attached hydrogens (tertiary/aromatic N) is 2. The Balaban J connectivity index is 1.48. The van der Waals surface area contributed by atoms with Crippen LogP contribution in [0, 0.1) is 13.8 Å². The minimum absolute atomic E-state index is 0.180. The summed E-state index contributed by atoms with van der Waals surface area (Å²) in [5.41, 5.74) is 3.53. The summed E-state index contributed by atoms with van der Waals surface area (Å²) < 4.78 is 6.49. The highest BCUT2D eigenvalue weighted by Gasteiger charge is 2.15. The Morgan fingerprint density at radius 1 is 1.13 bits per heavy atom. The van der Waals surface area contributed by atoms with Crippen LogP contribution < -0.4 is 10.6 Å². The summed E-state index contributed by atoms with van der Waals surface area (Å²) in [4.78, 5) is 36.0. The minimum Gasteiger partial charge on any atom is -0.452 e. The molecule has 0 saturated carbocycles. The largest absolute Gasteiger partial charge is 0.452 e. The van der Waals surface area contributed by atoms with Crippen LogP contribution in [-0.2, 0) is 16.1 Å². The number of esters is 1. The Morgan fingerprint density at radius 3 is 2.65 bits per heavy atom. The average Bonchev–Trinajstić information content (AvgIpc) is 3.19. The summed E-state index contributed by atoms with van der Waals surface area (Å²) in [5, 5.41) is 9.40. The molecule has 160 valence electrons. The number of amides is 3. The molecule has 3 amide bonds. The van der Waals surface area contributed by atoms with Crippen LogP contribution in [-0.4, -0.2) is 34.3 Å². The molecule has 0 atom stereocenters. The summed E-state index contributed by atoms with van der Waals surface area (Å²) in [6, 6.07) is 12.1. The van der Waals surface area contributed by atoms with Crippen LogP contribution in [0.15, 0.2) is 54.9 Å². The molecule has 8 nitrogen and oxygen atoms in total. The number of rotatable bonds is 6. The van der Waals surface area contributed by atoms with Crippen molar-refractivity contribution in [3.8, 4) is 0 Å². The number of carbonyl (C=O) groups is 3. The molecule has 1 aromatic heterocycles. The predicted molar refractivity (Wildman–Crippen MR) is 116 cm³/mol. The zero-order valence-electron chi connectivity index (χ0n) is 17.0. The van der Waals surface area contributed by atoms with Crippen molar-refractivity contribution in [1.29, 1.82) is 0 Å². The molecular formula is C22H21ClN4O4. The topological polar surface area (TPSA) is 102 Å². The normalized spacial score (nSPS) is 10.4. The number of anilines is 1. The van der Waals surface area contributed by atoms with Gasteiger partial charge in [0.05, 0.1) is 18.3 Å². The quantitative estimate of drug-likeness (QED) is 0.569. The fourth-order valence-corrected chi connectivity index (χ4v) is 3.04. The van der Waals surface area contributed by atoms with Gasteiger partial charge in [-0.25, -0.2) is 9.59 Å². The SMILES string of the molecule is Cc1ccc(NC(=O)NC(=O)COC(=O)c2cnn(Cc3ccccc3Cl)c2)c(C)c1. The Hall–Kier alpha value is -3.65. The van der Waals surface area contributed by atoms with Crippen LogP contribution >= 0.6 is 11.6 Å². The fraction of sp³-hybridized carbons (Fsp3) is 0.182. The third-order valence-corrected chi connectivity index (χ3v) is 4.75. The zero-order chi connectivity index (χ0) is 22.4. The van der Waals surface area contributed by atoms with Gasteiger partial charge in [0.2, 0.25) is 0 Å². The van der Waals surface area contributed by atoms with Gasteiger partial charge in [-0.15, -0.1) is 0 Å². The Morgan fingerprint density at radius 2 is 1.90 bits per heavy atom. The van der Waals surface area contributed by atoms with Crippen molar-refractivity contribution in [2.24, 2.45) is 0 Å². The number of ether oxygens (including phenoxy) is 1. The van der Waals surface area contributed by atoms with E-state index in [0.29, 0.717) is 17.3 Å². The van der Waals surface area contributed by atoms with Crippen LogP contribution in [0.1, 0.15) is 27.0 Å². The van der Waals surface area contributed by atoms with Crippen molar-refractivity contribution in [2.45, 2.75) is 20.4 Å². The van der Waals surface area contributed by atoms with Crippen molar-refractivity contribution in [1.82, 2.24) is 15.1 Å². The summed E-state index contributed by atoms with van der Waals surface area (Å²) in [5.74, 6) is -1.48. The molecule has 2 aromatic carbocycles. The molecule has 3 aromatic rings. The molecule has 31 heavy (non-hydrogen) atoms. The lowest BCUT2D eigenvalue weighted by atomic mass is 10.1. The molecule has 0 bridgehead atoms. The molecule has 0 saturated heterocycles. The molecule has 1 heterocycles. The Bertz CT molecular complexity index is 1130. The molecular weight excluding hydrogens is 420 g/mol. The lowest BCUT2D eigenvalue weighted by Crippen LogP contribution is -2.37. The standard InChI is InChI=1S/C22H21ClN4O4/c1-14-7-8-19(15(2)9-14)25-22(30)26-20(28)13-31-21(29)17-10-24-27(12-17)11-16-5-3-4-6-18(16)23/h3-10,12H,11,13H2,1-2H3,(H2,25,26,28,30). The number of halogens is 1. The van der Waals surface area contributed by atoms with E-state index in [4.69, 9.17) is 16.3 Å². The van der Waals surface area contributed by atoms with Crippen LogP contribution in [0.25, 0.3) is 0 Å². The highest BCUT2D eigenvalue weighted by Crippen LogP contribution is 2.17. The lowest BCUT2D eigenvalue weighted by Gasteiger charge is -2.10. The van der Waals surface area contributed by atoms with Crippen molar-refractivity contribution in [2.75, 3.05) is 11.9 Å². The highest BCUT2D eigenvalue weighted by molar-refractivity contribution is 6.31. The number of carbonyl (C=O) groups excluding carboxylic acids is 3. The van der Waals surface area contributed by atoms with Gasteiger partial charge in [0.1, 0.15) is 0 Å². The molecule has 2 N–H and O–H groups in total. The smallest absolute Gasteiger partial charge is 0.341 e. The average molecular weight is 441 g/mol. The van der Waals surface area contributed by atoms with E-state index in [-0.39, 0.29) is 5.56 Å². The van der Waals surface area contributed by atoms with E-state index < -0.39 is 24.5 Å². The fourth-order valence-electron chi connectivity index (χ4n) is 2.84. The number of hydrogen-bond donors (Lipinski definition) is 2. The van der Waals surface area contributed by atoms with Gasteiger partial charge >= 0.3 is 12.0 Å². The second-order valence-corrected chi connectivity index (χ2v) is 7.32. The zero-order valence-corrected chi connectivity index (χ0v) is 17.8. The minimum atomic E-state index is -0.751. The first-order valence-corrected chi connectivity index (χ1v) is 9.80. The number of aromatic nitrogens is 2. The number of benzene rings is 2. The number of nitrogens with one attached hydrogen (secondary N) is 2. The molecule has 0 aliphatic heterocycles. The summed E-state index contributed by atoms with van der Waals surface area (Å²) in [6.45, 7) is 3.56. The highest BCUT2D eigenvalue weighted by atomic mass is 35.5. The van der Waals surface area contributed by atoms with Crippen LogP contribution in [0.3, 0.4) is 0 Å². The van der Waals surface area contributed by atoms with Crippen molar-refractivity contribution >= 4 is 35.2 Å². The Labute approximate surface area is 184 Å². The first-order valence-electron chi connectivity index (χ1n) is 9.43. The number of imide groups is 1. The molecule has 9 heteroatoms. The van der Waals surface area contributed by atoms with E-state index >= 15 is 0 Å². The number of aryl methyl sites for hydroxylation is 2. The van der Waals surface area contributed by atoms with Gasteiger partial charge < -0.3 is 10.1 Å². The van der Waals surface area contributed by atoms with E-state index in [1.165, 1.54) is 17.1 Å². The number of hydrogen-bond acceptors (Lipinski definition) is 5. The summed E-state index contributed by atoms with van der Waals surface area (Å²) in [7, 11) is 0. The maximum Gasteiger partial charge on any atom is 0.341 e. The number of urea groups is 1. The monoisotopic (exact) mass is 440 g/mol. The van der Waals surface area contributed by atoms with Crippen molar-refractivity contribution in [3.63, 3.8) is 0 Å². The van der Waals surface area contributed by atoms with Gasteiger partial charge in [-0.2, -0.15) is 5.10 Å². The maximum absolute atomic E-state index is 12.2. The molecule has 0 fully saturated rings.